The van der Waals surface area contributed by atoms with Crippen molar-refractivity contribution in [2.75, 3.05) is 0 Å². The van der Waals surface area contributed by atoms with E-state index in [-0.39, 0.29) is 11.4 Å². The van der Waals surface area contributed by atoms with E-state index in [1.165, 1.54) is 0 Å². The zero-order chi connectivity index (χ0) is 18.8. The maximum absolute atomic E-state index is 12.1. The summed E-state index contributed by atoms with van der Waals surface area (Å²) in [6.07, 6.45) is -2.46. The molecule has 0 aliphatic carbocycles. The molecule has 6 nitrogen and oxygen atoms in total. The van der Waals surface area contributed by atoms with Gasteiger partial charge in [0.25, 0.3) is 0 Å². The molecule has 0 saturated carbocycles. The zero-order valence-electron chi connectivity index (χ0n) is 13.8. The Balaban J connectivity index is 2.17. The van der Waals surface area contributed by atoms with Gasteiger partial charge in [-0.25, -0.2) is 4.79 Å². The minimum atomic E-state index is -5.12. The van der Waals surface area contributed by atoms with Crippen LogP contribution in [0.25, 0.3) is 10.9 Å². The summed E-state index contributed by atoms with van der Waals surface area (Å²) in [6.45, 7) is 4.60. The number of rotatable bonds is 5. The van der Waals surface area contributed by atoms with E-state index >= 15 is 0 Å². The van der Waals surface area contributed by atoms with Crippen molar-refractivity contribution in [3.8, 4) is 0 Å². The van der Waals surface area contributed by atoms with Gasteiger partial charge in [0, 0.05) is 34.7 Å². The Morgan fingerprint density at radius 1 is 1.28 bits per heavy atom. The number of fused-ring (bicyclic) bond motifs is 1. The Labute approximate surface area is 142 Å². The van der Waals surface area contributed by atoms with Gasteiger partial charge in [-0.1, -0.05) is 5.16 Å². The van der Waals surface area contributed by atoms with Gasteiger partial charge < -0.3 is 20.9 Å². The molecule has 0 radical (unpaired) electrons. The second-order valence-electron chi connectivity index (χ2n) is 6.37. The molecule has 4 N–H and O–H groups in total. The van der Waals surface area contributed by atoms with E-state index in [1.807, 2.05) is 30.7 Å². The van der Waals surface area contributed by atoms with Crippen LogP contribution in [0.2, 0.25) is 0 Å². The number of nitrogens with zero attached hydrogens (tertiary/aromatic N) is 2. The van der Waals surface area contributed by atoms with E-state index in [9.17, 15) is 18.0 Å². The summed E-state index contributed by atoms with van der Waals surface area (Å²) in [4.78, 5) is 14.4. The van der Waals surface area contributed by atoms with Crippen LogP contribution in [0.4, 0.5) is 13.2 Å². The van der Waals surface area contributed by atoms with Crippen LogP contribution in [-0.4, -0.2) is 28.1 Å². The SMILES string of the molecule is CC(C)(N)CCn1ccc2cc(C(N)=NOC(=O)C(F)(F)F)ccc21. The molecule has 9 heteroatoms. The number of benzene rings is 1. The van der Waals surface area contributed by atoms with Crippen LogP contribution in [0.3, 0.4) is 0 Å². The minimum absolute atomic E-state index is 0.296. The average molecular weight is 356 g/mol. The van der Waals surface area contributed by atoms with E-state index < -0.39 is 12.1 Å². The molecular formula is C16H19F3N4O2. The molecule has 25 heavy (non-hydrogen) atoms. The van der Waals surface area contributed by atoms with Crippen LogP contribution >= 0.6 is 0 Å². The highest BCUT2D eigenvalue weighted by molar-refractivity contribution is 6.00. The molecule has 0 unspecified atom stereocenters. The minimum Gasteiger partial charge on any atom is -0.380 e. The summed E-state index contributed by atoms with van der Waals surface area (Å²) in [6, 6.07) is 6.85. The lowest BCUT2D eigenvalue weighted by atomic mass is 10.0. The Morgan fingerprint density at radius 2 is 1.96 bits per heavy atom. The Hall–Kier alpha value is -2.55. The molecule has 2 rings (SSSR count). The van der Waals surface area contributed by atoms with E-state index in [0.29, 0.717) is 5.56 Å². The van der Waals surface area contributed by atoms with Crippen molar-refractivity contribution in [3.63, 3.8) is 0 Å². The molecule has 1 aromatic heterocycles. The third kappa shape index (κ3) is 4.96. The molecule has 136 valence electrons. The van der Waals surface area contributed by atoms with Gasteiger partial charge in [0.15, 0.2) is 5.84 Å². The summed E-state index contributed by atoms with van der Waals surface area (Å²) in [5, 5.41) is 3.87. The van der Waals surface area contributed by atoms with Gasteiger partial charge in [-0.2, -0.15) is 13.2 Å². The van der Waals surface area contributed by atoms with Crippen molar-refractivity contribution in [1.29, 1.82) is 0 Å². The molecule has 0 fully saturated rings. The second kappa shape index (κ2) is 6.75. The van der Waals surface area contributed by atoms with Gasteiger partial charge in [0.05, 0.1) is 0 Å². The molecule has 0 aliphatic rings. The highest BCUT2D eigenvalue weighted by Gasteiger charge is 2.41. The van der Waals surface area contributed by atoms with Crippen LogP contribution < -0.4 is 11.5 Å². The predicted molar refractivity (Wildman–Crippen MR) is 87.7 cm³/mol. The standard InChI is InChI=1S/C16H19F3N4O2/c1-15(2,21)6-8-23-7-5-10-9-11(3-4-12(10)23)13(20)22-25-14(24)16(17,18)19/h3-5,7,9H,6,8,21H2,1-2H3,(H2,20,22). The maximum Gasteiger partial charge on any atom is 0.493 e. The van der Waals surface area contributed by atoms with E-state index in [2.05, 4.69) is 9.99 Å². The van der Waals surface area contributed by atoms with Gasteiger partial charge in [0.2, 0.25) is 0 Å². The van der Waals surface area contributed by atoms with Crippen molar-refractivity contribution in [2.24, 2.45) is 16.6 Å². The van der Waals surface area contributed by atoms with E-state index in [1.54, 1.807) is 18.2 Å². The van der Waals surface area contributed by atoms with Crippen molar-refractivity contribution in [2.45, 2.75) is 38.5 Å². The molecule has 1 heterocycles. The summed E-state index contributed by atoms with van der Waals surface area (Å²) < 4.78 is 38.2. The first-order valence-corrected chi connectivity index (χ1v) is 7.47. The molecule has 0 aliphatic heterocycles. The summed E-state index contributed by atoms with van der Waals surface area (Å²) in [7, 11) is 0. The monoisotopic (exact) mass is 356 g/mol. The van der Waals surface area contributed by atoms with Crippen molar-refractivity contribution < 1.29 is 22.8 Å². The highest BCUT2D eigenvalue weighted by Crippen LogP contribution is 2.20. The molecule has 0 spiro atoms. The summed E-state index contributed by atoms with van der Waals surface area (Å²) in [5.41, 5.74) is 12.5. The van der Waals surface area contributed by atoms with E-state index in [4.69, 9.17) is 11.5 Å². The molecule has 1 aromatic carbocycles. The van der Waals surface area contributed by atoms with Crippen molar-refractivity contribution in [3.05, 3.63) is 36.0 Å². The number of amidine groups is 1. The first-order valence-electron chi connectivity index (χ1n) is 7.47. The molecular weight excluding hydrogens is 337 g/mol. The topological polar surface area (TPSA) is 95.6 Å². The normalized spacial score (nSPS) is 13.3. The Kier molecular flexibility index (Phi) is 5.07. The van der Waals surface area contributed by atoms with Crippen molar-refractivity contribution >= 4 is 22.7 Å². The first-order chi connectivity index (χ1) is 11.5. The van der Waals surface area contributed by atoms with Gasteiger partial charge >= 0.3 is 12.1 Å². The molecule has 0 bridgehead atoms. The van der Waals surface area contributed by atoms with Crippen LogP contribution in [0.15, 0.2) is 35.6 Å². The third-order valence-corrected chi connectivity index (χ3v) is 3.52. The van der Waals surface area contributed by atoms with Gasteiger partial charge in [-0.3, -0.25) is 0 Å². The first kappa shape index (κ1) is 18.8. The molecule has 2 aromatic rings. The Bertz CT molecular complexity index is 804. The number of nitrogens with two attached hydrogens (primary N) is 2. The fourth-order valence-corrected chi connectivity index (χ4v) is 2.16. The number of aryl methyl sites for hydroxylation is 1. The molecule has 0 atom stereocenters. The zero-order valence-corrected chi connectivity index (χ0v) is 13.8. The number of alkyl halides is 3. The third-order valence-electron chi connectivity index (χ3n) is 3.52. The van der Waals surface area contributed by atoms with Gasteiger partial charge in [0.1, 0.15) is 0 Å². The van der Waals surface area contributed by atoms with Crippen LogP contribution in [0.5, 0.6) is 0 Å². The highest BCUT2D eigenvalue weighted by atomic mass is 19.4. The van der Waals surface area contributed by atoms with E-state index in [0.717, 1.165) is 23.9 Å². The lowest BCUT2D eigenvalue weighted by Gasteiger charge is -2.18. The molecule has 0 amide bonds. The quantitative estimate of drug-likeness (QED) is 0.372. The number of carbonyl (C=O) groups excluding carboxylic acids is 1. The van der Waals surface area contributed by atoms with Crippen LogP contribution in [-0.2, 0) is 16.2 Å². The van der Waals surface area contributed by atoms with Gasteiger partial charge in [-0.15, -0.1) is 0 Å². The number of oxime groups is 1. The van der Waals surface area contributed by atoms with Gasteiger partial charge in [-0.05, 0) is 44.5 Å². The van der Waals surface area contributed by atoms with Crippen molar-refractivity contribution in [1.82, 2.24) is 4.57 Å². The summed E-state index contributed by atoms with van der Waals surface area (Å²) >= 11 is 0. The lowest BCUT2D eigenvalue weighted by Crippen LogP contribution is -2.33. The number of hydrogen-bond acceptors (Lipinski definition) is 4. The number of carbonyl (C=O) groups is 1. The average Bonchev–Trinajstić information content (AvgIpc) is 2.90. The fourth-order valence-electron chi connectivity index (χ4n) is 2.16. The fraction of sp³-hybridized carbons (Fsp3) is 0.375. The molecule has 0 saturated heterocycles. The number of hydrogen-bond donors (Lipinski definition) is 2. The van der Waals surface area contributed by atoms with Crippen LogP contribution in [0.1, 0.15) is 25.8 Å². The lowest BCUT2D eigenvalue weighted by molar-refractivity contribution is -0.199. The Morgan fingerprint density at radius 3 is 2.56 bits per heavy atom. The predicted octanol–water partition coefficient (Wildman–Crippen LogP) is 2.49. The van der Waals surface area contributed by atoms with Crippen LogP contribution in [0, 0.1) is 0 Å². The maximum atomic E-state index is 12.1. The second-order valence-corrected chi connectivity index (χ2v) is 6.37. The summed E-state index contributed by atoms with van der Waals surface area (Å²) in [5.74, 6) is -2.75. The largest absolute Gasteiger partial charge is 0.493 e. The smallest absolute Gasteiger partial charge is 0.380 e. The number of aromatic nitrogens is 1. The number of halogens is 3.